The molecule has 1 aromatic heterocycles. The number of benzene rings is 1. The quantitative estimate of drug-likeness (QED) is 0.780. The topological polar surface area (TPSA) is 66.4 Å². The fraction of sp³-hybridized carbons (Fsp3) is 0.478. The summed E-state index contributed by atoms with van der Waals surface area (Å²) < 4.78 is 14.0. The first-order chi connectivity index (χ1) is 14.4. The fourth-order valence-corrected chi connectivity index (χ4v) is 4.42. The van der Waals surface area contributed by atoms with Crippen LogP contribution in [-0.2, 0) is 4.79 Å². The number of likely N-dealkylation sites (tertiary alicyclic amines) is 2. The third-order valence-corrected chi connectivity index (χ3v) is 6.43. The molecular formula is C23H27FN4O2. The van der Waals surface area contributed by atoms with Crippen molar-refractivity contribution in [1.82, 2.24) is 19.8 Å². The molecule has 2 fully saturated rings. The zero-order chi connectivity index (χ0) is 21.3. The van der Waals surface area contributed by atoms with Gasteiger partial charge in [-0.25, -0.2) is 14.4 Å². The molecule has 1 aromatic carbocycles. The van der Waals surface area contributed by atoms with Crippen molar-refractivity contribution in [3.05, 3.63) is 59.4 Å². The summed E-state index contributed by atoms with van der Waals surface area (Å²) in [6, 6.07) is 7.92. The van der Waals surface area contributed by atoms with Gasteiger partial charge in [0, 0.05) is 49.4 Å². The highest BCUT2D eigenvalue weighted by Gasteiger charge is 2.43. The number of piperidine rings is 1. The molecular weight excluding hydrogens is 383 g/mol. The van der Waals surface area contributed by atoms with E-state index in [0.29, 0.717) is 39.0 Å². The van der Waals surface area contributed by atoms with Crippen LogP contribution in [0.1, 0.15) is 54.0 Å². The summed E-state index contributed by atoms with van der Waals surface area (Å²) >= 11 is 0. The van der Waals surface area contributed by atoms with Gasteiger partial charge >= 0.3 is 0 Å². The van der Waals surface area contributed by atoms with Crippen molar-refractivity contribution in [1.29, 1.82) is 0 Å². The van der Waals surface area contributed by atoms with Crippen molar-refractivity contribution in [3.8, 4) is 0 Å². The van der Waals surface area contributed by atoms with Gasteiger partial charge in [0.2, 0.25) is 5.91 Å². The average Bonchev–Trinajstić information content (AvgIpc) is 3.24. The molecule has 0 N–H and O–H groups in total. The van der Waals surface area contributed by atoms with Gasteiger partial charge in [0.05, 0.1) is 5.56 Å². The Balaban J connectivity index is 1.38. The lowest BCUT2D eigenvalue weighted by Gasteiger charge is -2.40. The summed E-state index contributed by atoms with van der Waals surface area (Å²) in [6.07, 6.45) is 3.79. The highest BCUT2D eigenvalue weighted by molar-refractivity contribution is 5.94. The zero-order valence-corrected chi connectivity index (χ0v) is 17.5. The minimum Gasteiger partial charge on any atom is -0.341 e. The van der Waals surface area contributed by atoms with E-state index < -0.39 is 11.2 Å². The lowest BCUT2D eigenvalue weighted by atomic mass is 9.79. The summed E-state index contributed by atoms with van der Waals surface area (Å²) in [5.41, 5.74) is 0.519. The van der Waals surface area contributed by atoms with Gasteiger partial charge in [-0.2, -0.15) is 0 Å². The van der Waals surface area contributed by atoms with Crippen molar-refractivity contribution in [3.63, 3.8) is 0 Å². The SMILES string of the molecule is Cc1ccnc(C2CCN(C(=O)C3(C)CCN(C(=O)c4ccccc4F)CC3)C2)n1. The van der Waals surface area contributed by atoms with Gasteiger partial charge in [0.1, 0.15) is 11.6 Å². The number of carbonyl (C=O) groups excluding carboxylic acids is 2. The molecule has 158 valence electrons. The van der Waals surface area contributed by atoms with Gasteiger partial charge in [-0.1, -0.05) is 19.1 Å². The summed E-state index contributed by atoms with van der Waals surface area (Å²) in [4.78, 5) is 38.4. The monoisotopic (exact) mass is 410 g/mol. The molecule has 3 heterocycles. The van der Waals surface area contributed by atoms with Crippen molar-refractivity contribution in [2.24, 2.45) is 5.41 Å². The smallest absolute Gasteiger partial charge is 0.256 e. The Labute approximate surface area is 176 Å². The van der Waals surface area contributed by atoms with E-state index >= 15 is 0 Å². The molecule has 7 heteroatoms. The van der Waals surface area contributed by atoms with Crippen LogP contribution < -0.4 is 0 Å². The van der Waals surface area contributed by atoms with E-state index in [1.54, 1.807) is 23.2 Å². The number of aromatic nitrogens is 2. The Hall–Kier alpha value is -2.83. The van der Waals surface area contributed by atoms with Crippen LogP contribution in [-0.4, -0.2) is 57.8 Å². The third-order valence-electron chi connectivity index (χ3n) is 6.43. The summed E-state index contributed by atoms with van der Waals surface area (Å²) in [6.45, 7) is 6.17. The maximum absolute atomic E-state index is 14.0. The van der Waals surface area contributed by atoms with E-state index in [0.717, 1.165) is 17.9 Å². The number of rotatable bonds is 3. The maximum Gasteiger partial charge on any atom is 0.256 e. The van der Waals surface area contributed by atoms with Crippen LogP contribution in [0.2, 0.25) is 0 Å². The number of amides is 2. The average molecular weight is 410 g/mol. The van der Waals surface area contributed by atoms with Crippen LogP contribution in [0.25, 0.3) is 0 Å². The molecule has 1 unspecified atom stereocenters. The molecule has 6 nitrogen and oxygen atoms in total. The molecule has 0 bridgehead atoms. The number of nitrogens with zero attached hydrogens (tertiary/aromatic N) is 4. The fourth-order valence-electron chi connectivity index (χ4n) is 4.42. The van der Waals surface area contributed by atoms with Crippen molar-refractivity contribution < 1.29 is 14.0 Å². The Bertz CT molecular complexity index is 956. The van der Waals surface area contributed by atoms with Crippen LogP contribution in [0.15, 0.2) is 36.5 Å². The van der Waals surface area contributed by atoms with Gasteiger partial charge in [0.15, 0.2) is 0 Å². The first kappa shape index (κ1) is 20.4. The summed E-state index contributed by atoms with van der Waals surface area (Å²) in [5.74, 6) is 0.297. The van der Waals surface area contributed by atoms with Crippen LogP contribution in [0.4, 0.5) is 4.39 Å². The summed E-state index contributed by atoms with van der Waals surface area (Å²) in [5, 5.41) is 0. The molecule has 0 spiro atoms. The van der Waals surface area contributed by atoms with Crippen molar-refractivity contribution in [2.45, 2.75) is 39.0 Å². The molecule has 0 radical (unpaired) electrons. The molecule has 2 aliphatic heterocycles. The van der Waals surface area contributed by atoms with Gasteiger partial charge in [-0.15, -0.1) is 0 Å². The number of carbonyl (C=O) groups is 2. The number of hydrogen-bond donors (Lipinski definition) is 0. The second kappa shape index (κ2) is 8.13. The van der Waals surface area contributed by atoms with Gasteiger partial charge in [0.25, 0.3) is 5.91 Å². The number of aryl methyl sites for hydroxylation is 1. The Morgan fingerprint density at radius 1 is 1.10 bits per heavy atom. The Kier molecular flexibility index (Phi) is 5.54. The van der Waals surface area contributed by atoms with E-state index in [1.807, 2.05) is 24.8 Å². The molecule has 2 amide bonds. The molecule has 30 heavy (non-hydrogen) atoms. The molecule has 0 saturated carbocycles. The lowest BCUT2D eigenvalue weighted by molar-refractivity contribution is -0.142. The van der Waals surface area contributed by atoms with Gasteiger partial charge in [-0.3, -0.25) is 9.59 Å². The molecule has 1 atom stereocenters. The van der Waals surface area contributed by atoms with Crippen LogP contribution in [0.5, 0.6) is 0 Å². The largest absolute Gasteiger partial charge is 0.341 e. The number of hydrogen-bond acceptors (Lipinski definition) is 4. The second-order valence-electron chi connectivity index (χ2n) is 8.63. The van der Waals surface area contributed by atoms with E-state index in [9.17, 15) is 14.0 Å². The standard InChI is InChI=1S/C23H27FN4O2/c1-16-7-11-25-20(26-16)17-8-12-28(15-17)22(30)23(2)9-13-27(14-10-23)21(29)18-5-3-4-6-19(18)24/h3-7,11,17H,8-10,12-15H2,1-2H3. The zero-order valence-electron chi connectivity index (χ0n) is 17.5. The maximum atomic E-state index is 14.0. The van der Waals surface area contributed by atoms with E-state index in [1.165, 1.54) is 12.1 Å². The molecule has 2 saturated heterocycles. The van der Waals surface area contributed by atoms with Crippen molar-refractivity contribution >= 4 is 11.8 Å². The van der Waals surface area contributed by atoms with Crippen LogP contribution in [0.3, 0.4) is 0 Å². The summed E-state index contributed by atoms with van der Waals surface area (Å²) in [7, 11) is 0. The molecule has 2 aliphatic rings. The van der Waals surface area contributed by atoms with Crippen LogP contribution in [0, 0.1) is 18.2 Å². The minimum absolute atomic E-state index is 0.0907. The first-order valence-corrected chi connectivity index (χ1v) is 10.5. The number of halogens is 1. The van der Waals surface area contributed by atoms with Gasteiger partial charge in [-0.05, 0) is 44.4 Å². The second-order valence-corrected chi connectivity index (χ2v) is 8.63. The minimum atomic E-state index is -0.506. The highest BCUT2D eigenvalue weighted by atomic mass is 19.1. The molecule has 2 aromatic rings. The van der Waals surface area contributed by atoms with E-state index in [-0.39, 0.29) is 23.3 Å². The first-order valence-electron chi connectivity index (χ1n) is 10.5. The van der Waals surface area contributed by atoms with Gasteiger partial charge < -0.3 is 9.80 Å². The Morgan fingerprint density at radius 3 is 2.53 bits per heavy atom. The van der Waals surface area contributed by atoms with Crippen LogP contribution >= 0.6 is 0 Å². The van der Waals surface area contributed by atoms with E-state index in [4.69, 9.17) is 0 Å². The lowest BCUT2D eigenvalue weighted by Crippen LogP contribution is -2.49. The molecule has 4 rings (SSSR count). The van der Waals surface area contributed by atoms with Crippen molar-refractivity contribution in [2.75, 3.05) is 26.2 Å². The molecule has 0 aliphatic carbocycles. The Morgan fingerprint density at radius 2 is 1.83 bits per heavy atom. The predicted molar refractivity (Wildman–Crippen MR) is 110 cm³/mol. The predicted octanol–water partition coefficient (Wildman–Crippen LogP) is 3.18. The highest BCUT2D eigenvalue weighted by Crippen LogP contribution is 2.36. The van der Waals surface area contributed by atoms with E-state index in [2.05, 4.69) is 9.97 Å². The third kappa shape index (κ3) is 3.93. The normalized spacial score (nSPS) is 21.0.